The molecule has 1 saturated heterocycles. The lowest BCUT2D eigenvalue weighted by molar-refractivity contribution is 0.0790. The second-order valence-corrected chi connectivity index (χ2v) is 8.87. The average molecular weight is 422 g/mol. The van der Waals surface area contributed by atoms with E-state index in [1.54, 1.807) is 6.20 Å². The second-order valence-electron chi connectivity index (χ2n) is 8.87. The smallest absolute Gasteiger partial charge is 0.257 e. The van der Waals surface area contributed by atoms with Crippen LogP contribution in [0.2, 0.25) is 0 Å². The number of hydrogen-bond acceptors (Lipinski definition) is 5. The lowest BCUT2D eigenvalue weighted by Gasteiger charge is -2.23. The van der Waals surface area contributed by atoms with Crippen molar-refractivity contribution in [3.63, 3.8) is 0 Å². The summed E-state index contributed by atoms with van der Waals surface area (Å²) < 4.78 is 0. The van der Waals surface area contributed by atoms with Crippen molar-refractivity contribution in [3.05, 3.63) is 53.3 Å². The monoisotopic (exact) mass is 421 g/mol. The quantitative estimate of drug-likeness (QED) is 0.663. The molecular formula is C25H35N5O. The highest BCUT2D eigenvalue weighted by Gasteiger charge is 2.24. The van der Waals surface area contributed by atoms with Crippen LogP contribution < -0.4 is 10.6 Å². The van der Waals surface area contributed by atoms with Gasteiger partial charge in [0.05, 0.1) is 17.3 Å². The maximum atomic E-state index is 13.1. The molecule has 0 spiro atoms. The van der Waals surface area contributed by atoms with Crippen molar-refractivity contribution in [1.29, 1.82) is 0 Å². The molecule has 2 aliphatic rings. The number of nitrogens with zero attached hydrogens (tertiary/aromatic N) is 3. The van der Waals surface area contributed by atoms with Gasteiger partial charge in [-0.15, -0.1) is 0 Å². The predicted octanol–water partition coefficient (Wildman–Crippen LogP) is 4.35. The van der Waals surface area contributed by atoms with Crippen LogP contribution in [0.1, 0.15) is 79.5 Å². The van der Waals surface area contributed by atoms with Gasteiger partial charge in [-0.1, -0.05) is 49.6 Å². The molecule has 1 saturated carbocycles. The zero-order valence-corrected chi connectivity index (χ0v) is 18.6. The summed E-state index contributed by atoms with van der Waals surface area (Å²) in [5.41, 5.74) is 2.69. The van der Waals surface area contributed by atoms with Crippen LogP contribution in [0.15, 0.2) is 36.5 Å². The number of likely N-dealkylation sites (tertiary alicyclic amines) is 1. The number of aromatic nitrogens is 2. The minimum absolute atomic E-state index is 0.0767. The summed E-state index contributed by atoms with van der Waals surface area (Å²) >= 11 is 0. The summed E-state index contributed by atoms with van der Waals surface area (Å²) in [4.78, 5) is 24.3. The third-order valence-electron chi connectivity index (χ3n) is 6.54. The Morgan fingerprint density at radius 2 is 1.84 bits per heavy atom. The van der Waals surface area contributed by atoms with Crippen molar-refractivity contribution in [2.75, 3.05) is 25.0 Å². The van der Waals surface area contributed by atoms with Crippen molar-refractivity contribution >= 4 is 11.9 Å². The van der Waals surface area contributed by atoms with Crippen LogP contribution >= 0.6 is 0 Å². The van der Waals surface area contributed by atoms with Gasteiger partial charge in [-0.2, -0.15) is 0 Å². The molecule has 6 heteroatoms. The van der Waals surface area contributed by atoms with Crippen LogP contribution in [-0.4, -0.2) is 46.5 Å². The summed E-state index contributed by atoms with van der Waals surface area (Å²) in [5.74, 6) is 0.662. The van der Waals surface area contributed by atoms with Crippen LogP contribution in [0.3, 0.4) is 0 Å². The molecule has 31 heavy (non-hydrogen) atoms. The Morgan fingerprint density at radius 1 is 1.10 bits per heavy atom. The van der Waals surface area contributed by atoms with Gasteiger partial charge in [0.2, 0.25) is 5.95 Å². The first kappa shape index (κ1) is 21.8. The van der Waals surface area contributed by atoms with E-state index >= 15 is 0 Å². The van der Waals surface area contributed by atoms with Crippen molar-refractivity contribution < 1.29 is 4.79 Å². The van der Waals surface area contributed by atoms with Gasteiger partial charge in [-0.05, 0) is 38.2 Å². The molecular weight excluding hydrogens is 386 g/mol. The number of nitrogens with one attached hydrogen (secondary N) is 2. The van der Waals surface area contributed by atoms with E-state index in [1.165, 1.54) is 37.7 Å². The van der Waals surface area contributed by atoms with Crippen molar-refractivity contribution in [2.45, 2.75) is 70.4 Å². The van der Waals surface area contributed by atoms with E-state index in [9.17, 15) is 4.79 Å². The predicted molar refractivity (Wildman–Crippen MR) is 124 cm³/mol. The molecule has 166 valence electrons. The molecule has 0 unspecified atom stereocenters. The molecule has 2 N–H and O–H groups in total. The summed E-state index contributed by atoms with van der Waals surface area (Å²) in [7, 11) is 0. The highest BCUT2D eigenvalue weighted by atomic mass is 16.2. The van der Waals surface area contributed by atoms with Gasteiger partial charge in [0.1, 0.15) is 0 Å². The lowest BCUT2D eigenvalue weighted by atomic mass is 9.95. The van der Waals surface area contributed by atoms with E-state index in [0.29, 0.717) is 17.6 Å². The third-order valence-corrected chi connectivity index (χ3v) is 6.54. The number of amides is 1. The molecule has 1 amide bonds. The minimum Gasteiger partial charge on any atom is -0.348 e. The topological polar surface area (TPSA) is 70.2 Å². The maximum Gasteiger partial charge on any atom is 0.257 e. The molecule has 1 aliphatic heterocycles. The molecule has 1 aromatic carbocycles. The number of rotatable bonds is 8. The zero-order valence-electron chi connectivity index (χ0n) is 18.6. The fourth-order valence-electron chi connectivity index (χ4n) is 4.67. The van der Waals surface area contributed by atoms with Gasteiger partial charge in [0, 0.05) is 38.3 Å². The summed E-state index contributed by atoms with van der Waals surface area (Å²) in [5, 5.41) is 7.09. The average Bonchev–Trinajstić information content (AvgIpc) is 3.35. The molecule has 2 aromatic rings. The first-order chi connectivity index (χ1) is 15.2. The summed E-state index contributed by atoms with van der Waals surface area (Å²) in [6, 6.07) is 11.0. The Bertz CT molecular complexity index is 844. The van der Waals surface area contributed by atoms with E-state index in [2.05, 4.69) is 34.7 Å². The standard InChI is InChI=1S/C25H35N5O/c1-19(20-10-4-2-5-11-20)28-25-27-18-22(24(31)30-16-8-9-17-30)23(29-25)14-15-26-21-12-6-3-7-13-21/h2,4-5,10-11,18-19,21,26H,3,6-9,12-17H2,1H3,(H,27,28,29)/t19-/m1/s1. The molecule has 2 fully saturated rings. The third kappa shape index (κ3) is 5.82. The molecule has 0 radical (unpaired) electrons. The van der Waals surface area contributed by atoms with Gasteiger partial charge in [0.15, 0.2) is 0 Å². The highest BCUT2D eigenvalue weighted by molar-refractivity contribution is 5.95. The Morgan fingerprint density at radius 3 is 2.58 bits per heavy atom. The summed E-state index contributed by atoms with van der Waals surface area (Å²) in [6.07, 6.45) is 11.1. The van der Waals surface area contributed by atoms with Crippen molar-refractivity contribution in [3.8, 4) is 0 Å². The minimum atomic E-state index is 0.0767. The first-order valence-electron chi connectivity index (χ1n) is 11.9. The molecule has 6 nitrogen and oxygen atoms in total. The largest absolute Gasteiger partial charge is 0.348 e. The van der Waals surface area contributed by atoms with Crippen LogP contribution in [0.25, 0.3) is 0 Å². The second kappa shape index (κ2) is 10.7. The number of hydrogen-bond donors (Lipinski definition) is 2. The van der Waals surface area contributed by atoms with Crippen LogP contribution in [-0.2, 0) is 6.42 Å². The van der Waals surface area contributed by atoms with E-state index in [4.69, 9.17) is 4.98 Å². The Hall–Kier alpha value is -2.47. The SMILES string of the molecule is C[C@@H](Nc1ncc(C(=O)N2CCCC2)c(CCNC2CCCCC2)n1)c1ccccc1. The van der Waals surface area contributed by atoms with Gasteiger partial charge in [-0.25, -0.2) is 9.97 Å². The zero-order chi connectivity index (χ0) is 21.5. The van der Waals surface area contributed by atoms with Crippen molar-refractivity contribution in [2.24, 2.45) is 0 Å². The molecule has 2 heterocycles. The van der Waals surface area contributed by atoms with E-state index in [1.807, 2.05) is 23.1 Å². The maximum absolute atomic E-state index is 13.1. The number of carbonyl (C=O) groups excluding carboxylic acids is 1. The Balaban J connectivity index is 1.47. The molecule has 1 aromatic heterocycles. The normalized spacial score (nSPS) is 18.2. The van der Waals surface area contributed by atoms with Gasteiger partial charge in [-0.3, -0.25) is 4.79 Å². The molecule has 0 bridgehead atoms. The summed E-state index contributed by atoms with van der Waals surface area (Å²) in [6.45, 7) is 4.62. The van der Waals surface area contributed by atoms with Gasteiger partial charge in [0.25, 0.3) is 5.91 Å². The van der Waals surface area contributed by atoms with Crippen LogP contribution in [0.4, 0.5) is 5.95 Å². The number of anilines is 1. The van der Waals surface area contributed by atoms with Crippen LogP contribution in [0, 0.1) is 0 Å². The Kier molecular flexibility index (Phi) is 7.52. The fourth-order valence-corrected chi connectivity index (χ4v) is 4.67. The Labute approximate surface area is 185 Å². The molecule has 1 aliphatic carbocycles. The molecule has 4 rings (SSSR count). The number of carbonyl (C=O) groups is 1. The lowest BCUT2D eigenvalue weighted by Crippen LogP contribution is -2.33. The highest BCUT2D eigenvalue weighted by Crippen LogP contribution is 2.21. The number of benzene rings is 1. The van der Waals surface area contributed by atoms with Gasteiger partial charge >= 0.3 is 0 Å². The van der Waals surface area contributed by atoms with Crippen molar-refractivity contribution in [1.82, 2.24) is 20.2 Å². The fraction of sp³-hybridized carbons (Fsp3) is 0.560. The van der Waals surface area contributed by atoms with E-state index in [-0.39, 0.29) is 11.9 Å². The van der Waals surface area contributed by atoms with Crippen LogP contribution in [0.5, 0.6) is 0 Å². The van der Waals surface area contributed by atoms with Gasteiger partial charge < -0.3 is 15.5 Å². The van der Waals surface area contributed by atoms with E-state index < -0.39 is 0 Å². The first-order valence-corrected chi connectivity index (χ1v) is 11.9. The van der Waals surface area contributed by atoms with E-state index in [0.717, 1.165) is 44.6 Å². The molecule has 1 atom stereocenters.